The molecule has 1 aliphatic heterocycles. The number of nitrogens with one attached hydrogen (secondary N) is 1. The van der Waals surface area contributed by atoms with Gasteiger partial charge in [-0.2, -0.15) is 4.98 Å². The van der Waals surface area contributed by atoms with Crippen molar-refractivity contribution in [3.63, 3.8) is 0 Å². The van der Waals surface area contributed by atoms with E-state index in [2.05, 4.69) is 32.5 Å². The molecular weight excluding hydrogens is 435 g/mol. The third kappa shape index (κ3) is 6.41. The van der Waals surface area contributed by atoms with Crippen LogP contribution < -0.4 is 10.1 Å². The zero-order chi connectivity index (χ0) is 23.8. The largest absolute Gasteiger partial charge is 0.497 e. The third-order valence-electron chi connectivity index (χ3n) is 6.19. The molecule has 4 rings (SSSR count). The number of ether oxygens (including phenoxy) is 1. The highest BCUT2D eigenvalue weighted by Gasteiger charge is 2.23. The summed E-state index contributed by atoms with van der Waals surface area (Å²) in [6.07, 6.45) is 5.12. The molecule has 0 radical (unpaired) electrons. The summed E-state index contributed by atoms with van der Waals surface area (Å²) in [5.41, 5.74) is 1.87. The van der Waals surface area contributed by atoms with Crippen molar-refractivity contribution in [1.29, 1.82) is 0 Å². The maximum absolute atomic E-state index is 13.1. The van der Waals surface area contributed by atoms with Crippen molar-refractivity contribution in [3.05, 3.63) is 65.8 Å². The van der Waals surface area contributed by atoms with Gasteiger partial charge in [0.25, 0.3) is 0 Å². The number of aryl methyl sites for hydroxylation is 1. The predicted molar refractivity (Wildman–Crippen MR) is 127 cm³/mol. The number of likely N-dealkylation sites (tertiary alicyclic amines) is 1. The van der Waals surface area contributed by atoms with E-state index in [0.717, 1.165) is 18.8 Å². The maximum Gasteiger partial charge on any atom is 0.226 e. The minimum atomic E-state index is -0.312. The molecule has 180 valence electrons. The van der Waals surface area contributed by atoms with E-state index >= 15 is 0 Å². The summed E-state index contributed by atoms with van der Waals surface area (Å²) in [7, 11) is 1.66. The molecule has 1 unspecified atom stereocenters. The summed E-state index contributed by atoms with van der Waals surface area (Å²) < 4.78 is 23.7. The van der Waals surface area contributed by atoms with E-state index in [1.54, 1.807) is 19.2 Å². The van der Waals surface area contributed by atoms with Gasteiger partial charge in [-0.3, -0.25) is 9.69 Å². The predicted octanol–water partition coefficient (Wildman–Crippen LogP) is 4.55. The number of aromatic nitrogens is 2. The van der Waals surface area contributed by atoms with Gasteiger partial charge in [0.1, 0.15) is 11.6 Å². The lowest BCUT2D eigenvalue weighted by Crippen LogP contribution is -2.40. The number of amides is 1. The summed E-state index contributed by atoms with van der Waals surface area (Å²) in [4.78, 5) is 19.4. The van der Waals surface area contributed by atoms with Crippen LogP contribution in [-0.4, -0.2) is 47.7 Å². The number of carbonyl (C=O) groups excluding carboxylic acids is 1. The number of benzene rings is 2. The Kier molecular flexibility index (Phi) is 8.25. The number of hydrogen-bond acceptors (Lipinski definition) is 6. The Labute approximate surface area is 199 Å². The number of nitrogens with zero attached hydrogens (tertiary/aromatic N) is 3. The third-order valence-corrected chi connectivity index (χ3v) is 6.19. The highest BCUT2D eigenvalue weighted by Crippen LogP contribution is 2.26. The van der Waals surface area contributed by atoms with E-state index in [1.165, 1.54) is 37.0 Å². The van der Waals surface area contributed by atoms with Crippen LogP contribution in [0.5, 0.6) is 5.75 Å². The number of piperidine rings is 1. The smallest absolute Gasteiger partial charge is 0.226 e. The molecule has 3 aromatic rings. The lowest BCUT2D eigenvalue weighted by atomic mass is 10.0. The Morgan fingerprint density at radius 1 is 1.12 bits per heavy atom. The fourth-order valence-corrected chi connectivity index (χ4v) is 4.29. The minimum absolute atomic E-state index is 0.00814. The molecule has 1 aromatic heterocycles. The Morgan fingerprint density at radius 3 is 2.56 bits per heavy atom. The van der Waals surface area contributed by atoms with E-state index in [9.17, 15) is 9.18 Å². The number of rotatable bonds is 10. The monoisotopic (exact) mass is 466 g/mol. The second-order valence-corrected chi connectivity index (χ2v) is 8.56. The van der Waals surface area contributed by atoms with Crippen LogP contribution in [0.2, 0.25) is 0 Å². The standard InChI is InChI=1S/C26H31FN4O3/c1-33-22-14-10-19(11-15-22)23(31-16-3-2-4-17-31)18-28-24(32)6-5-7-25-29-26(30-34-25)20-8-12-21(27)13-9-20/h8-15,23H,2-7,16-18H2,1H3,(H,28,32). The van der Waals surface area contributed by atoms with Gasteiger partial charge in [0, 0.05) is 24.9 Å². The van der Waals surface area contributed by atoms with Crippen LogP contribution in [0.25, 0.3) is 11.4 Å². The number of carbonyl (C=O) groups is 1. The quantitative estimate of drug-likeness (QED) is 0.472. The SMILES string of the molecule is COc1ccc(C(CNC(=O)CCCc2nc(-c3ccc(F)cc3)no2)N2CCCCC2)cc1. The van der Waals surface area contributed by atoms with Crippen molar-refractivity contribution in [1.82, 2.24) is 20.4 Å². The van der Waals surface area contributed by atoms with Crippen LogP contribution in [0.3, 0.4) is 0 Å². The number of hydrogen-bond donors (Lipinski definition) is 1. The fourth-order valence-electron chi connectivity index (χ4n) is 4.29. The van der Waals surface area contributed by atoms with Gasteiger partial charge in [0.15, 0.2) is 0 Å². The van der Waals surface area contributed by atoms with E-state index in [4.69, 9.17) is 9.26 Å². The van der Waals surface area contributed by atoms with Crippen molar-refractivity contribution >= 4 is 5.91 Å². The molecule has 1 fully saturated rings. The maximum atomic E-state index is 13.1. The van der Waals surface area contributed by atoms with Gasteiger partial charge >= 0.3 is 0 Å². The summed E-state index contributed by atoms with van der Waals surface area (Å²) in [5, 5.41) is 7.06. The van der Waals surface area contributed by atoms with Crippen LogP contribution in [0.4, 0.5) is 4.39 Å². The van der Waals surface area contributed by atoms with E-state index in [-0.39, 0.29) is 17.8 Å². The van der Waals surface area contributed by atoms with Gasteiger partial charge in [-0.1, -0.05) is 23.7 Å². The molecule has 1 aliphatic rings. The molecule has 1 saturated heterocycles. The Hall–Kier alpha value is -3.26. The average molecular weight is 467 g/mol. The van der Waals surface area contributed by atoms with Crippen molar-refractivity contribution in [2.24, 2.45) is 0 Å². The van der Waals surface area contributed by atoms with Crippen molar-refractivity contribution in [3.8, 4) is 17.1 Å². The second kappa shape index (κ2) is 11.7. The van der Waals surface area contributed by atoms with E-state index in [1.807, 2.05) is 12.1 Å². The Bertz CT molecular complexity index is 1050. The summed E-state index contributed by atoms with van der Waals surface area (Å²) in [6.45, 7) is 2.65. The number of methoxy groups -OCH3 is 1. The zero-order valence-corrected chi connectivity index (χ0v) is 19.5. The molecule has 0 saturated carbocycles. The van der Waals surface area contributed by atoms with E-state index in [0.29, 0.717) is 43.1 Å². The first-order chi connectivity index (χ1) is 16.6. The molecular formula is C26H31FN4O3. The van der Waals surface area contributed by atoms with Crippen LogP contribution in [-0.2, 0) is 11.2 Å². The second-order valence-electron chi connectivity index (χ2n) is 8.56. The first kappa shape index (κ1) is 23.9. The molecule has 8 heteroatoms. The molecule has 0 bridgehead atoms. The molecule has 0 spiro atoms. The molecule has 2 aromatic carbocycles. The first-order valence-corrected chi connectivity index (χ1v) is 11.9. The van der Waals surface area contributed by atoms with Crippen LogP contribution >= 0.6 is 0 Å². The Morgan fingerprint density at radius 2 is 1.85 bits per heavy atom. The van der Waals surface area contributed by atoms with Crippen LogP contribution in [0.1, 0.15) is 49.6 Å². The molecule has 1 N–H and O–H groups in total. The molecule has 2 heterocycles. The summed E-state index contributed by atoms with van der Waals surface area (Å²) in [6, 6.07) is 14.2. The minimum Gasteiger partial charge on any atom is -0.497 e. The van der Waals surface area contributed by atoms with Crippen LogP contribution in [0.15, 0.2) is 53.1 Å². The lowest BCUT2D eigenvalue weighted by Gasteiger charge is -2.35. The fraction of sp³-hybridized carbons (Fsp3) is 0.423. The summed E-state index contributed by atoms with van der Waals surface area (Å²) >= 11 is 0. The van der Waals surface area contributed by atoms with Crippen molar-refractivity contribution in [2.45, 2.75) is 44.6 Å². The van der Waals surface area contributed by atoms with Gasteiger partial charge in [0.05, 0.1) is 13.2 Å². The first-order valence-electron chi connectivity index (χ1n) is 11.9. The van der Waals surface area contributed by atoms with E-state index < -0.39 is 0 Å². The topological polar surface area (TPSA) is 80.5 Å². The average Bonchev–Trinajstić information content (AvgIpc) is 3.34. The molecule has 1 amide bonds. The van der Waals surface area contributed by atoms with Gasteiger partial charge < -0.3 is 14.6 Å². The molecule has 1 atom stereocenters. The molecule has 7 nitrogen and oxygen atoms in total. The normalized spacial score (nSPS) is 15.1. The summed E-state index contributed by atoms with van der Waals surface area (Å²) in [5.74, 6) is 1.41. The van der Waals surface area contributed by atoms with Crippen molar-refractivity contribution < 1.29 is 18.4 Å². The van der Waals surface area contributed by atoms with Crippen molar-refractivity contribution in [2.75, 3.05) is 26.7 Å². The zero-order valence-electron chi connectivity index (χ0n) is 19.5. The Balaban J connectivity index is 1.27. The molecule has 34 heavy (non-hydrogen) atoms. The van der Waals surface area contributed by atoms with Gasteiger partial charge in [-0.05, 0) is 74.3 Å². The lowest BCUT2D eigenvalue weighted by molar-refractivity contribution is -0.121. The number of halogens is 1. The van der Waals surface area contributed by atoms with Gasteiger partial charge in [-0.15, -0.1) is 0 Å². The highest BCUT2D eigenvalue weighted by atomic mass is 19.1. The highest BCUT2D eigenvalue weighted by molar-refractivity contribution is 5.75. The van der Waals surface area contributed by atoms with Gasteiger partial charge in [-0.25, -0.2) is 4.39 Å². The van der Waals surface area contributed by atoms with Crippen LogP contribution in [0, 0.1) is 5.82 Å². The molecule has 0 aliphatic carbocycles. The van der Waals surface area contributed by atoms with Gasteiger partial charge in [0.2, 0.25) is 17.6 Å².